The number of nitrogens with zero attached hydrogens (tertiary/aromatic N) is 2. The summed E-state index contributed by atoms with van der Waals surface area (Å²) in [7, 11) is 0. The number of alkyl halides is 3. The van der Waals surface area contributed by atoms with Crippen LogP contribution in [0.15, 0.2) is 36.5 Å². The standard InChI is InChI=1S/C16H20F3N3/c1-15(2,3)11-20-10-12-4-6-13(7-5-12)22-9-8-14(21-22)16(17,18)19/h4-9,20H,10-11H2,1-3H3. The Bertz CT molecular complexity index is 607. The molecule has 0 radical (unpaired) electrons. The highest BCUT2D eigenvalue weighted by Gasteiger charge is 2.33. The number of benzene rings is 1. The van der Waals surface area contributed by atoms with E-state index in [1.54, 1.807) is 12.1 Å². The zero-order chi connectivity index (χ0) is 16.4. The van der Waals surface area contributed by atoms with Crippen LogP contribution in [-0.2, 0) is 12.7 Å². The molecule has 0 amide bonds. The van der Waals surface area contributed by atoms with E-state index >= 15 is 0 Å². The molecule has 0 aliphatic heterocycles. The second kappa shape index (κ2) is 6.12. The van der Waals surface area contributed by atoms with Crippen molar-refractivity contribution in [1.29, 1.82) is 0 Å². The molecule has 2 rings (SSSR count). The lowest BCUT2D eigenvalue weighted by Crippen LogP contribution is -2.26. The molecule has 1 N–H and O–H groups in total. The lowest BCUT2D eigenvalue weighted by molar-refractivity contribution is -0.141. The Hall–Kier alpha value is -1.82. The lowest BCUT2D eigenvalue weighted by Gasteiger charge is -2.18. The van der Waals surface area contributed by atoms with Crippen molar-refractivity contribution in [1.82, 2.24) is 15.1 Å². The second-order valence-corrected chi connectivity index (χ2v) is 6.47. The van der Waals surface area contributed by atoms with Gasteiger partial charge in [0.1, 0.15) is 0 Å². The predicted molar refractivity (Wildman–Crippen MR) is 79.7 cm³/mol. The number of hydrogen-bond donors (Lipinski definition) is 1. The first-order valence-electron chi connectivity index (χ1n) is 7.08. The molecule has 3 nitrogen and oxygen atoms in total. The van der Waals surface area contributed by atoms with Crippen LogP contribution in [0.2, 0.25) is 0 Å². The number of halogens is 3. The largest absolute Gasteiger partial charge is 0.435 e. The van der Waals surface area contributed by atoms with Crippen molar-refractivity contribution in [3.63, 3.8) is 0 Å². The third-order valence-corrected chi connectivity index (χ3v) is 3.06. The molecule has 1 aromatic heterocycles. The molecule has 0 aliphatic carbocycles. The fourth-order valence-corrected chi connectivity index (χ4v) is 1.97. The zero-order valence-electron chi connectivity index (χ0n) is 12.9. The summed E-state index contributed by atoms with van der Waals surface area (Å²) in [6, 6.07) is 8.28. The molecule has 120 valence electrons. The van der Waals surface area contributed by atoms with Gasteiger partial charge in [0, 0.05) is 19.3 Å². The van der Waals surface area contributed by atoms with Crippen molar-refractivity contribution in [2.75, 3.05) is 6.54 Å². The van der Waals surface area contributed by atoms with Gasteiger partial charge in [0.15, 0.2) is 5.69 Å². The lowest BCUT2D eigenvalue weighted by atomic mass is 9.97. The first-order valence-corrected chi connectivity index (χ1v) is 7.08. The van der Waals surface area contributed by atoms with E-state index in [1.165, 1.54) is 10.9 Å². The molecule has 0 unspecified atom stereocenters. The van der Waals surface area contributed by atoms with Crippen LogP contribution in [0, 0.1) is 5.41 Å². The van der Waals surface area contributed by atoms with E-state index in [0.717, 1.165) is 24.7 Å². The van der Waals surface area contributed by atoms with Gasteiger partial charge in [-0.2, -0.15) is 18.3 Å². The zero-order valence-corrected chi connectivity index (χ0v) is 12.9. The van der Waals surface area contributed by atoms with Gasteiger partial charge in [-0.1, -0.05) is 32.9 Å². The summed E-state index contributed by atoms with van der Waals surface area (Å²) < 4.78 is 38.8. The summed E-state index contributed by atoms with van der Waals surface area (Å²) in [6.45, 7) is 8.07. The molecule has 0 atom stereocenters. The average Bonchev–Trinajstić information content (AvgIpc) is 2.87. The Labute approximate surface area is 128 Å². The Morgan fingerprint density at radius 3 is 2.18 bits per heavy atom. The Kier molecular flexibility index (Phi) is 4.60. The first kappa shape index (κ1) is 16.5. The van der Waals surface area contributed by atoms with Gasteiger partial charge in [0.05, 0.1) is 5.69 Å². The van der Waals surface area contributed by atoms with Crippen molar-refractivity contribution in [3.05, 3.63) is 47.8 Å². The Morgan fingerprint density at radius 1 is 1.05 bits per heavy atom. The van der Waals surface area contributed by atoms with Crippen molar-refractivity contribution >= 4 is 0 Å². The monoisotopic (exact) mass is 311 g/mol. The normalized spacial score (nSPS) is 12.6. The third kappa shape index (κ3) is 4.59. The molecule has 0 bridgehead atoms. The maximum absolute atomic E-state index is 12.5. The van der Waals surface area contributed by atoms with E-state index in [9.17, 15) is 13.2 Å². The van der Waals surface area contributed by atoms with E-state index in [0.29, 0.717) is 5.69 Å². The summed E-state index contributed by atoms with van der Waals surface area (Å²) in [4.78, 5) is 0. The molecule has 1 heterocycles. The van der Waals surface area contributed by atoms with Gasteiger partial charge in [-0.3, -0.25) is 0 Å². The molecule has 22 heavy (non-hydrogen) atoms. The molecular weight excluding hydrogens is 291 g/mol. The van der Waals surface area contributed by atoms with Crippen LogP contribution in [-0.4, -0.2) is 16.3 Å². The minimum absolute atomic E-state index is 0.211. The topological polar surface area (TPSA) is 29.9 Å². The van der Waals surface area contributed by atoms with Gasteiger partial charge in [0.2, 0.25) is 0 Å². The smallest absolute Gasteiger partial charge is 0.312 e. The highest BCUT2D eigenvalue weighted by atomic mass is 19.4. The van der Waals surface area contributed by atoms with E-state index < -0.39 is 11.9 Å². The maximum atomic E-state index is 12.5. The van der Waals surface area contributed by atoms with Crippen molar-refractivity contribution in [3.8, 4) is 5.69 Å². The van der Waals surface area contributed by atoms with E-state index in [2.05, 4.69) is 31.2 Å². The number of rotatable bonds is 4. The van der Waals surface area contributed by atoms with E-state index in [1.807, 2.05) is 12.1 Å². The highest BCUT2D eigenvalue weighted by Crippen LogP contribution is 2.27. The number of nitrogens with one attached hydrogen (secondary N) is 1. The molecule has 0 saturated heterocycles. The number of hydrogen-bond acceptors (Lipinski definition) is 2. The highest BCUT2D eigenvalue weighted by molar-refractivity contribution is 5.34. The molecule has 6 heteroatoms. The number of aromatic nitrogens is 2. The van der Waals surface area contributed by atoms with Gasteiger partial charge in [-0.25, -0.2) is 4.68 Å². The molecule has 2 aromatic rings. The Balaban J connectivity index is 2.01. The summed E-state index contributed by atoms with van der Waals surface area (Å²) >= 11 is 0. The SMILES string of the molecule is CC(C)(C)CNCc1ccc(-n2ccc(C(F)(F)F)n2)cc1. The summed E-state index contributed by atoms with van der Waals surface area (Å²) in [6.07, 6.45) is -3.10. The summed E-state index contributed by atoms with van der Waals surface area (Å²) in [5.74, 6) is 0. The van der Waals surface area contributed by atoms with Gasteiger partial charge >= 0.3 is 6.18 Å². The molecule has 0 aliphatic rings. The van der Waals surface area contributed by atoms with Crippen molar-refractivity contribution in [2.45, 2.75) is 33.5 Å². The maximum Gasteiger partial charge on any atom is 0.435 e. The fraction of sp³-hybridized carbons (Fsp3) is 0.438. The van der Waals surface area contributed by atoms with Crippen molar-refractivity contribution in [2.24, 2.45) is 5.41 Å². The Morgan fingerprint density at radius 2 is 1.68 bits per heavy atom. The quantitative estimate of drug-likeness (QED) is 0.924. The fourth-order valence-electron chi connectivity index (χ4n) is 1.97. The van der Waals surface area contributed by atoms with Crippen LogP contribution in [0.3, 0.4) is 0 Å². The van der Waals surface area contributed by atoms with Gasteiger partial charge in [-0.05, 0) is 29.2 Å². The second-order valence-electron chi connectivity index (χ2n) is 6.47. The van der Waals surface area contributed by atoms with Gasteiger partial charge < -0.3 is 5.32 Å². The minimum Gasteiger partial charge on any atom is -0.312 e. The van der Waals surface area contributed by atoms with Gasteiger partial charge in [0.25, 0.3) is 0 Å². The molecule has 1 aromatic carbocycles. The van der Waals surface area contributed by atoms with Gasteiger partial charge in [-0.15, -0.1) is 0 Å². The van der Waals surface area contributed by atoms with E-state index in [4.69, 9.17) is 0 Å². The molecule has 0 saturated carbocycles. The van der Waals surface area contributed by atoms with Crippen LogP contribution in [0.4, 0.5) is 13.2 Å². The average molecular weight is 311 g/mol. The minimum atomic E-state index is -4.41. The molecule has 0 spiro atoms. The predicted octanol–water partition coefficient (Wildman–Crippen LogP) is 4.03. The van der Waals surface area contributed by atoms with Crippen LogP contribution in [0.25, 0.3) is 5.69 Å². The molecule has 0 fully saturated rings. The summed E-state index contributed by atoms with van der Waals surface area (Å²) in [5, 5.41) is 6.91. The van der Waals surface area contributed by atoms with Crippen LogP contribution in [0.5, 0.6) is 0 Å². The van der Waals surface area contributed by atoms with Crippen LogP contribution in [0.1, 0.15) is 32.0 Å². The van der Waals surface area contributed by atoms with Crippen LogP contribution >= 0.6 is 0 Å². The van der Waals surface area contributed by atoms with Crippen molar-refractivity contribution < 1.29 is 13.2 Å². The third-order valence-electron chi connectivity index (χ3n) is 3.06. The molecular formula is C16H20F3N3. The van der Waals surface area contributed by atoms with Crippen LogP contribution < -0.4 is 5.32 Å². The van der Waals surface area contributed by atoms with E-state index in [-0.39, 0.29) is 5.41 Å². The summed E-state index contributed by atoms with van der Waals surface area (Å²) in [5.41, 5.74) is 1.01. The first-order chi connectivity index (χ1) is 10.1.